The average molecular weight is 380 g/mol. The van der Waals surface area contributed by atoms with E-state index in [0.717, 1.165) is 37.1 Å². The summed E-state index contributed by atoms with van der Waals surface area (Å²) in [4.78, 5) is 25.8. The molecule has 1 saturated heterocycles. The lowest BCUT2D eigenvalue weighted by Crippen LogP contribution is -2.28. The Morgan fingerprint density at radius 2 is 1.79 bits per heavy atom. The normalized spacial score (nSPS) is 13.6. The molecule has 3 rings (SSSR count). The van der Waals surface area contributed by atoms with Crippen molar-refractivity contribution in [2.24, 2.45) is 0 Å². The van der Waals surface area contributed by atoms with Gasteiger partial charge in [-0.1, -0.05) is 37.6 Å². The second kappa shape index (κ2) is 9.93. The van der Waals surface area contributed by atoms with Gasteiger partial charge in [0.25, 0.3) is 5.91 Å². The van der Waals surface area contributed by atoms with E-state index in [-0.39, 0.29) is 11.8 Å². The summed E-state index contributed by atoms with van der Waals surface area (Å²) in [6.07, 6.45) is 3.78. The van der Waals surface area contributed by atoms with Crippen LogP contribution in [-0.4, -0.2) is 36.4 Å². The lowest BCUT2D eigenvalue weighted by atomic mass is 10.1. The molecule has 1 fully saturated rings. The lowest BCUT2D eigenvalue weighted by molar-refractivity contribution is -0.128. The van der Waals surface area contributed by atoms with Gasteiger partial charge in [0.15, 0.2) is 0 Å². The highest BCUT2D eigenvalue weighted by molar-refractivity contribution is 5.94. The molecule has 0 saturated carbocycles. The van der Waals surface area contributed by atoms with E-state index in [1.165, 1.54) is 5.56 Å². The zero-order valence-electron chi connectivity index (χ0n) is 16.4. The van der Waals surface area contributed by atoms with Gasteiger partial charge in [0.2, 0.25) is 5.91 Å². The molecule has 0 aliphatic carbocycles. The van der Waals surface area contributed by atoms with Crippen LogP contribution in [0.5, 0.6) is 5.75 Å². The van der Waals surface area contributed by atoms with E-state index in [4.69, 9.17) is 4.74 Å². The zero-order chi connectivity index (χ0) is 19.8. The van der Waals surface area contributed by atoms with Crippen molar-refractivity contribution in [2.75, 3.05) is 19.7 Å². The maximum Gasteiger partial charge on any atom is 0.251 e. The molecule has 0 bridgehead atoms. The van der Waals surface area contributed by atoms with Gasteiger partial charge in [0, 0.05) is 25.1 Å². The summed E-state index contributed by atoms with van der Waals surface area (Å²) >= 11 is 0. The number of likely N-dealkylation sites (tertiary alicyclic amines) is 1. The van der Waals surface area contributed by atoms with Gasteiger partial charge in [0.05, 0.1) is 6.54 Å². The predicted molar refractivity (Wildman–Crippen MR) is 109 cm³/mol. The molecule has 2 aromatic rings. The molecular formula is C23H28N2O3. The molecular weight excluding hydrogens is 352 g/mol. The summed E-state index contributed by atoms with van der Waals surface area (Å²) in [6.45, 7) is 4.47. The zero-order valence-corrected chi connectivity index (χ0v) is 16.4. The summed E-state index contributed by atoms with van der Waals surface area (Å²) in [5.41, 5.74) is 2.96. The van der Waals surface area contributed by atoms with Crippen LogP contribution in [0.2, 0.25) is 0 Å². The molecule has 148 valence electrons. The van der Waals surface area contributed by atoms with Gasteiger partial charge < -0.3 is 15.0 Å². The average Bonchev–Trinajstić information content (AvgIpc) is 3.11. The van der Waals surface area contributed by atoms with E-state index < -0.39 is 0 Å². The molecule has 0 spiro atoms. The van der Waals surface area contributed by atoms with Gasteiger partial charge >= 0.3 is 0 Å². The van der Waals surface area contributed by atoms with E-state index in [2.05, 4.69) is 24.4 Å². The Morgan fingerprint density at radius 3 is 2.43 bits per heavy atom. The van der Waals surface area contributed by atoms with Crippen molar-refractivity contribution in [1.29, 1.82) is 0 Å². The summed E-state index contributed by atoms with van der Waals surface area (Å²) in [6, 6.07) is 15.5. The summed E-state index contributed by atoms with van der Waals surface area (Å²) in [5, 5.41) is 2.87. The molecule has 0 atom stereocenters. The van der Waals surface area contributed by atoms with Crippen LogP contribution in [0.25, 0.3) is 0 Å². The lowest BCUT2D eigenvalue weighted by Gasteiger charge is -2.15. The van der Waals surface area contributed by atoms with Crippen molar-refractivity contribution in [1.82, 2.24) is 10.2 Å². The number of ether oxygens (including phenoxy) is 1. The predicted octanol–water partition coefficient (Wildman–Crippen LogP) is 3.57. The Balaban J connectivity index is 1.40. The molecule has 5 heteroatoms. The molecule has 0 radical (unpaired) electrons. The second-order valence-electron chi connectivity index (χ2n) is 7.11. The fourth-order valence-corrected chi connectivity index (χ4v) is 3.33. The summed E-state index contributed by atoms with van der Waals surface area (Å²) in [7, 11) is 0. The van der Waals surface area contributed by atoms with Crippen molar-refractivity contribution >= 4 is 11.8 Å². The number of amides is 2. The van der Waals surface area contributed by atoms with Crippen molar-refractivity contribution in [3.8, 4) is 5.75 Å². The van der Waals surface area contributed by atoms with Gasteiger partial charge in [-0.25, -0.2) is 0 Å². The smallest absolute Gasteiger partial charge is 0.251 e. The molecule has 1 aliphatic heterocycles. The van der Waals surface area contributed by atoms with Gasteiger partial charge in [0.1, 0.15) is 12.4 Å². The van der Waals surface area contributed by atoms with E-state index in [1.54, 1.807) is 12.1 Å². The first-order valence-electron chi connectivity index (χ1n) is 10.0. The van der Waals surface area contributed by atoms with Crippen LogP contribution in [0.1, 0.15) is 47.7 Å². The quantitative estimate of drug-likeness (QED) is 0.677. The third-order valence-electron chi connectivity index (χ3n) is 4.88. The minimum Gasteiger partial charge on any atom is -0.492 e. The fourth-order valence-electron chi connectivity index (χ4n) is 3.33. The highest BCUT2D eigenvalue weighted by atomic mass is 16.5. The van der Waals surface area contributed by atoms with Crippen molar-refractivity contribution in [2.45, 2.75) is 39.2 Å². The maximum absolute atomic E-state index is 12.2. The number of hydrogen-bond donors (Lipinski definition) is 1. The highest BCUT2D eigenvalue weighted by Gasteiger charge is 2.19. The van der Waals surface area contributed by atoms with Crippen LogP contribution < -0.4 is 10.1 Å². The minimum atomic E-state index is -0.120. The van der Waals surface area contributed by atoms with Crippen molar-refractivity contribution in [3.63, 3.8) is 0 Å². The molecule has 28 heavy (non-hydrogen) atoms. The van der Waals surface area contributed by atoms with E-state index in [1.807, 2.05) is 29.2 Å². The van der Waals surface area contributed by atoms with Gasteiger partial charge in [-0.15, -0.1) is 0 Å². The van der Waals surface area contributed by atoms with E-state index in [0.29, 0.717) is 31.7 Å². The van der Waals surface area contributed by atoms with Crippen LogP contribution in [0, 0.1) is 0 Å². The Kier molecular flexibility index (Phi) is 7.06. The number of carbonyl (C=O) groups is 2. The van der Waals surface area contributed by atoms with Crippen LogP contribution in [0.15, 0.2) is 48.5 Å². The van der Waals surface area contributed by atoms with Gasteiger partial charge in [-0.05, 0) is 48.2 Å². The SMILES string of the molecule is CCCc1ccc(OCCNC(=O)c2ccc(CN3CCCC3=O)cc2)cc1. The molecule has 1 aliphatic rings. The number of nitrogens with zero attached hydrogens (tertiary/aromatic N) is 1. The van der Waals surface area contributed by atoms with Crippen molar-refractivity contribution < 1.29 is 14.3 Å². The first-order valence-corrected chi connectivity index (χ1v) is 10.0. The van der Waals surface area contributed by atoms with Crippen LogP contribution in [0.3, 0.4) is 0 Å². The van der Waals surface area contributed by atoms with E-state index >= 15 is 0 Å². The molecule has 0 unspecified atom stereocenters. The largest absolute Gasteiger partial charge is 0.492 e. The molecule has 5 nitrogen and oxygen atoms in total. The number of aryl methyl sites for hydroxylation is 1. The highest BCUT2D eigenvalue weighted by Crippen LogP contribution is 2.15. The van der Waals surface area contributed by atoms with Crippen molar-refractivity contribution in [3.05, 3.63) is 65.2 Å². The van der Waals surface area contributed by atoms with E-state index in [9.17, 15) is 9.59 Å². The number of rotatable bonds is 9. The molecule has 2 aromatic carbocycles. The monoisotopic (exact) mass is 380 g/mol. The summed E-state index contributed by atoms with van der Waals surface area (Å²) in [5.74, 6) is 0.905. The fraction of sp³-hybridized carbons (Fsp3) is 0.391. The van der Waals surface area contributed by atoms with Gasteiger partial charge in [-0.3, -0.25) is 9.59 Å². The molecule has 2 amide bonds. The topological polar surface area (TPSA) is 58.6 Å². The minimum absolute atomic E-state index is 0.120. The first-order chi connectivity index (χ1) is 13.7. The third kappa shape index (κ3) is 5.59. The van der Waals surface area contributed by atoms with Crippen LogP contribution in [0.4, 0.5) is 0 Å². The number of nitrogens with one attached hydrogen (secondary N) is 1. The molecule has 1 N–H and O–H groups in total. The molecule has 1 heterocycles. The second-order valence-corrected chi connectivity index (χ2v) is 7.11. The standard InChI is InChI=1S/C23H28N2O3/c1-2-4-18-8-12-21(13-9-18)28-16-14-24-23(27)20-10-6-19(7-11-20)17-25-15-3-5-22(25)26/h6-13H,2-5,14-17H2,1H3,(H,24,27). The third-order valence-corrected chi connectivity index (χ3v) is 4.88. The summed E-state index contributed by atoms with van der Waals surface area (Å²) < 4.78 is 5.68. The Hall–Kier alpha value is -2.82. The van der Waals surface area contributed by atoms with Gasteiger partial charge in [-0.2, -0.15) is 0 Å². The van der Waals surface area contributed by atoms with Crippen LogP contribution in [-0.2, 0) is 17.8 Å². The Bertz CT molecular complexity index is 784. The maximum atomic E-state index is 12.2. The molecule has 0 aromatic heterocycles. The number of hydrogen-bond acceptors (Lipinski definition) is 3. The Labute approximate surface area is 166 Å². The first kappa shape index (κ1) is 19.9. The number of benzene rings is 2. The Morgan fingerprint density at radius 1 is 1.07 bits per heavy atom. The number of carbonyl (C=O) groups excluding carboxylic acids is 2. The van der Waals surface area contributed by atoms with Crippen LogP contribution >= 0.6 is 0 Å².